The third-order valence-electron chi connectivity index (χ3n) is 1.87. The van der Waals surface area contributed by atoms with Crippen molar-refractivity contribution in [3.63, 3.8) is 0 Å². The van der Waals surface area contributed by atoms with E-state index in [1.807, 2.05) is 0 Å². The lowest BCUT2D eigenvalue weighted by molar-refractivity contribution is -0.138. The highest BCUT2D eigenvalue weighted by molar-refractivity contribution is 6.33. The van der Waals surface area contributed by atoms with Crippen LogP contribution in [0.25, 0.3) is 0 Å². The Morgan fingerprint density at radius 1 is 1.37 bits per heavy atom. The first-order chi connectivity index (χ1) is 8.67. The Labute approximate surface area is 116 Å². The molecule has 5 nitrogen and oxygen atoms in total. The van der Waals surface area contributed by atoms with Crippen molar-refractivity contribution in [2.75, 3.05) is 11.9 Å². The van der Waals surface area contributed by atoms with Crippen LogP contribution in [0.1, 0.15) is 6.92 Å². The SMILES string of the molecule is CC(Nc1nc(Cl)cc(Cl)n1)C(=O)NCC(F)(F)F. The maximum atomic E-state index is 11.9. The van der Waals surface area contributed by atoms with Crippen LogP contribution in [0.5, 0.6) is 0 Å². The van der Waals surface area contributed by atoms with E-state index in [4.69, 9.17) is 23.2 Å². The van der Waals surface area contributed by atoms with Crippen LogP contribution in [-0.2, 0) is 4.79 Å². The second-order valence-electron chi connectivity index (χ2n) is 3.54. The molecule has 0 bridgehead atoms. The molecule has 1 aromatic rings. The third-order valence-corrected chi connectivity index (χ3v) is 2.25. The summed E-state index contributed by atoms with van der Waals surface area (Å²) in [5.74, 6) is -0.899. The van der Waals surface area contributed by atoms with Crippen molar-refractivity contribution in [1.29, 1.82) is 0 Å². The van der Waals surface area contributed by atoms with Gasteiger partial charge in [0.1, 0.15) is 22.9 Å². The molecule has 0 aliphatic rings. The fourth-order valence-electron chi connectivity index (χ4n) is 1.05. The smallest absolute Gasteiger partial charge is 0.345 e. The Balaban J connectivity index is 2.58. The van der Waals surface area contributed by atoms with Gasteiger partial charge in [0.05, 0.1) is 0 Å². The number of hydrogen-bond acceptors (Lipinski definition) is 4. The van der Waals surface area contributed by atoms with Crippen molar-refractivity contribution in [1.82, 2.24) is 15.3 Å². The predicted molar refractivity (Wildman–Crippen MR) is 64.2 cm³/mol. The number of alkyl halides is 3. The summed E-state index contributed by atoms with van der Waals surface area (Å²) in [5.41, 5.74) is 0. The molecular weight excluding hydrogens is 308 g/mol. The number of anilines is 1. The highest BCUT2D eigenvalue weighted by atomic mass is 35.5. The van der Waals surface area contributed by atoms with Gasteiger partial charge in [0, 0.05) is 6.07 Å². The van der Waals surface area contributed by atoms with Crippen LogP contribution in [0, 0.1) is 0 Å². The monoisotopic (exact) mass is 316 g/mol. The van der Waals surface area contributed by atoms with Crippen LogP contribution in [0.2, 0.25) is 10.3 Å². The zero-order valence-corrected chi connectivity index (χ0v) is 11.1. The summed E-state index contributed by atoms with van der Waals surface area (Å²) in [6, 6.07) is 0.305. The lowest BCUT2D eigenvalue weighted by Crippen LogP contribution is -2.42. The van der Waals surface area contributed by atoms with E-state index in [9.17, 15) is 18.0 Å². The van der Waals surface area contributed by atoms with Crippen LogP contribution < -0.4 is 10.6 Å². The Bertz CT molecular complexity index is 449. The fourth-order valence-corrected chi connectivity index (χ4v) is 1.48. The lowest BCUT2D eigenvalue weighted by Gasteiger charge is -2.15. The maximum absolute atomic E-state index is 11.9. The van der Waals surface area contributed by atoms with Crippen molar-refractivity contribution >= 4 is 35.1 Å². The number of aromatic nitrogens is 2. The number of halogens is 5. The van der Waals surface area contributed by atoms with Gasteiger partial charge in [-0.25, -0.2) is 9.97 Å². The first kappa shape index (κ1) is 15.8. The number of nitrogens with zero attached hydrogens (tertiary/aromatic N) is 2. The van der Waals surface area contributed by atoms with Crippen molar-refractivity contribution < 1.29 is 18.0 Å². The lowest BCUT2D eigenvalue weighted by atomic mass is 10.3. The molecule has 1 aromatic heterocycles. The average Bonchev–Trinajstić information content (AvgIpc) is 2.23. The zero-order chi connectivity index (χ0) is 14.6. The molecule has 1 amide bonds. The van der Waals surface area contributed by atoms with E-state index in [2.05, 4.69) is 15.3 Å². The molecule has 0 aromatic carbocycles. The molecule has 1 rings (SSSR count). The van der Waals surface area contributed by atoms with Gasteiger partial charge in [-0.15, -0.1) is 0 Å². The van der Waals surface area contributed by atoms with Gasteiger partial charge in [0.2, 0.25) is 11.9 Å². The van der Waals surface area contributed by atoms with Gasteiger partial charge in [-0.05, 0) is 6.92 Å². The minimum absolute atomic E-state index is 0.0467. The molecule has 106 valence electrons. The predicted octanol–water partition coefficient (Wildman–Crippen LogP) is 2.26. The summed E-state index contributed by atoms with van der Waals surface area (Å²) in [6.07, 6.45) is -4.47. The van der Waals surface area contributed by atoms with Gasteiger partial charge in [-0.2, -0.15) is 13.2 Å². The molecule has 0 saturated carbocycles. The third kappa shape index (κ3) is 5.93. The molecule has 0 aliphatic carbocycles. The molecule has 0 fully saturated rings. The normalized spacial score (nSPS) is 12.9. The number of nitrogens with one attached hydrogen (secondary N) is 2. The quantitative estimate of drug-likeness (QED) is 0.836. The molecular formula is C9H9Cl2F3N4O. The molecule has 2 N–H and O–H groups in total. The van der Waals surface area contributed by atoms with Crippen LogP contribution in [0.3, 0.4) is 0 Å². The summed E-state index contributed by atoms with van der Waals surface area (Å²) in [4.78, 5) is 18.8. The second-order valence-corrected chi connectivity index (χ2v) is 4.31. The number of rotatable bonds is 4. The maximum Gasteiger partial charge on any atom is 0.405 e. The van der Waals surface area contributed by atoms with Crippen molar-refractivity contribution in [2.24, 2.45) is 0 Å². The molecule has 1 heterocycles. The van der Waals surface area contributed by atoms with E-state index in [-0.39, 0.29) is 16.3 Å². The molecule has 10 heteroatoms. The van der Waals surface area contributed by atoms with Crippen LogP contribution in [-0.4, -0.2) is 34.6 Å². The van der Waals surface area contributed by atoms with Crippen molar-refractivity contribution in [3.8, 4) is 0 Å². The minimum Gasteiger partial charge on any atom is -0.345 e. The van der Waals surface area contributed by atoms with E-state index in [0.29, 0.717) is 0 Å². The largest absolute Gasteiger partial charge is 0.405 e. The number of amides is 1. The highest BCUT2D eigenvalue weighted by Crippen LogP contribution is 2.15. The molecule has 0 radical (unpaired) electrons. The van der Waals surface area contributed by atoms with Crippen LogP contribution in [0.4, 0.5) is 19.1 Å². The van der Waals surface area contributed by atoms with Crippen molar-refractivity contribution in [3.05, 3.63) is 16.4 Å². The topological polar surface area (TPSA) is 66.9 Å². The van der Waals surface area contributed by atoms with Gasteiger partial charge >= 0.3 is 6.18 Å². The van der Waals surface area contributed by atoms with Gasteiger partial charge < -0.3 is 10.6 Å². The number of carbonyl (C=O) groups excluding carboxylic acids is 1. The first-order valence-corrected chi connectivity index (χ1v) is 5.74. The molecule has 19 heavy (non-hydrogen) atoms. The summed E-state index contributed by atoms with van der Waals surface area (Å²) >= 11 is 11.2. The van der Waals surface area contributed by atoms with E-state index >= 15 is 0 Å². The molecule has 0 aliphatic heterocycles. The van der Waals surface area contributed by atoms with Gasteiger partial charge in [-0.3, -0.25) is 4.79 Å². The van der Waals surface area contributed by atoms with Gasteiger partial charge in [-0.1, -0.05) is 23.2 Å². The van der Waals surface area contributed by atoms with Crippen LogP contribution in [0.15, 0.2) is 6.07 Å². The number of hydrogen-bond donors (Lipinski definition) is 2. The second kappa shape index (κ2) is 6.25. The average molecular weight is 317 g/mol. The minimum atomic E-state index is -4.47. The highest BCUT2D eigenvalue weighted by Gasteiger charge is 2.28. The van der Waals surface area contributed by atoms with Crippen molar-refractivity contribution in [2.45, 2.75) is 19.1 Å². The molecule has 0 saturated heterocycles. The Hall–Kier alpha value is -1.28. The van der Waals surface area contributed by atoms with E-state index in [1.54, 1.807) is 5.32 Å². The van der Waals surface area contributed by atoms with E-state index < -0.39 is 24.7 Å². The standard InChI is InChI=1S/C9H9Cl2F3N4O/c1-4(7(19)15-3-9(12,13)14)16-8-17-5(10)2-6(11)18-8/h2,4H,3H2,1H3,(H,15,19)(H,16,17,18). The van der Waals surface area contributed by atoms with Crippen LogP contribution >= 0.6 is 23.2 Å². The molecule has 0 spiro atoms. The Kier molecular flexibility index (Phi) is 5.19. The number of carbonyl (C=O) groups is 1. The Morgan fingerprint density at radius 3 is 2.37 bits per heavy atom. The summed E-state index contributed by atoms with van der Waals surface area (Å²) < 4.78 is 35.8. The first-order valence-electron chi connectivity index (χ1n) is 4.98. The summed E-state index contributed by atoms with van der Waals surface area (Å²) in [6.45, 7) is -0.0567. The van der Waals surface area contributed by atoms with E-state index in [0.717, 1.165) is 0 Å². The fraction of sp³-hybridized carbons (Fsp3) is 0.444. The van der Waals surface area contributed by atoms with E-state index in [1.165, 1.54) is 13.0 Å². The molecule has 1 unspecified atom stereocenters. The van der Waals surface area contributed by atoms with Gasteiger partial charge in [0.25, 0.3) is 0 Å². The summed E-state index contributed by atoms with van der Waals surface area (Å²) in [5, 5.41) is 4.31. The summed E-state index contributed by atoms with van der Waals surface area (Å²) in [7, 11) is 0. The Morgan fingerprint density at radius 2 is 1.89 bits per heavy atom. The zero-order valence-electron chi connectivity index (χ0n) is 9.55. The molecule has 1 atom stereocenters. The van der Waals surface area contributed by atoms with Gasteiger partial charge in [0.15, 0.2) is 0 Å².